The second-order valence-electron chi connectivity index (χ2n) is 8.53. The average molecular weight is 548 g/mol. The number of amides is 3. The lowest BCUT2D eigenvalue weighted by Gasteiger charge is -2.13. The van der Waals surface area contributed by atoms with Gasteiger partial charge in [0.2, 0.25) is 0 Å². The Kier molecular flexibility index (Phi) is 8.62. The van der Waals surface area contributed by atoms with Gasteiger partial charge in [-0.25, -0.2) is 0 Å². The van der Waals surface area contributed by atoms with Crippen molar-refractivity contribution in [2.75, 3.05) is 18.5 Å². The number of nitro groups is 1. The second kappa shape index (κ2) is 12.3. The summed E-state index contributed by atoms with van der Waals surface area (Å²) in [7, 11) is 0. The Balaban J connectivity index is 1.43. The normalized spacial score (nSPS) is 14.0. The van der Waals surface area contributed by atoms with Crippen molar-refractivity contribution in [3.63, 3.8) is 0 Å². The molecule has 39 heavy (non-hydrogen) atoms. The number of aryl methyl sites for hydroxylation is 1. The topological polar surface area (TPSA) is 128 Å². The van der Waals surface area contributed by atoms with Gasteiger partial charge >= 0.3 is 0 Å². The van der Waals surface area contributed by atoms with Crippen LogP contribution >= 0.6 is 11.8 Å². The second-order valence-corrected chi connectivity index (χ2v) is 9.53. The Labute approximate surface area is 228 Å². The number of nitro benzene ring substituents is 1. The van der Waals surface area contributed by atoms with Crippen LogP contribution in [-0.4, -0.2) is 40.1 Å². The monoisotopic (exact) mass is 547 g/mol. The first kappa shape index (κ1) is 27.4. The summed E-state index contributed by atoms with van der Waals surface area (Å²) in [4.78, 5) is 49.4. The Morgan fingerprint density at radius 2 is 1.74 bits per heavy atom. The third-order valence-corrected chi connectivity index (χ3v) is 6.53. The summed E-state index contributed by atoms with van der Waals surface area (Å²) in [5.41, 5.74) is 2.88. The van der Waals surface area contributed by atoms with Gasteiger partial charge in [0.25, 0.3) is 22.7 Å². The standard InChI is InChI=1S/C28H25N3O7S/c1-3-37-24-14-20(8-13-23(24)38-17-26(32)29-21-9-4-18(2)5-10-21)15-25-27(33)30(28(34)39-25)16-19-6-11-22(12-7-19)31(35)36/h4-15H,3,16-17H2,1-2H3,(H,29,32). The summed E-state index contributed by atoms with van der Waals surface area (Å²) in [6, 6.07) is 18.1. The zero-order chi connectivity index (χ0) is 27.9. The highest BCUT2D eigenvalue weighted by Crippen LogP contribution is 2.35. The van der Waals surface area contributed by atoms with Crippen molar-refractivity contribution >= 4 is 46.3 Å². The number of non-ortho nitro benzene ring substituents is 1. The zero-order valence-electron chi connectivity index (χ0n) is 21.2. The molecule has 0 radical (unpaired) electrons. The van der Waals surface area contributed by atoms with E-state index in [-0.39, 0.29) is 29.7 Å². The number of rotatable bonds is 10. The van der Waals surface area contributed by atoms with Crippen LogP contribution in [0, 0.1) is 17.0 Å². The molecule has 10 nitrogen and oxygen atoms in total. The fourth-order valence-electron chi connectivity index (χ4n) is 3.67. The first-order valence-electron chi connectivity index (χ1n) is 12.0. The van der Waals surface area contributed by atoms with Crippen LogP contribution < -0.4 is 14.8 Å². The molecule has 1 saturated heterocycles. The first-order chi connectivity index (χ1) is 18.7. The number of carbonyl (C=O) groups is 3. The molecule has 3 aromatic rings. The molecule has 1 aliphatic rings. The number of imide groups is 1. The average Bonchev–Trinajstić information content (AvgIpc) is 3.17. The number of benzene rings is 3. The SMILES string of the molecule is CCOc1cc(C=C2SC(=O)N(Cc3ccc([N+](=O)[O-])cc3)C2=O)ccc1OCC(=O)Nc1ccc(C)cc1. The van der Waals surface area contributed by atoms with Crippen molar-refractivity contribution in [2.45, 2.75) is 20.4 Å². The van der Waals surface area contributed by atoms with Crippen molar-refractivity contribution in [2.24, 2.45) is 0 Å². The zero-order valence-corrected chi connectivity index (χ0v) is 22.0. The molecule has 11 heteroatoms. The molecular formula is C28H25N3O7S. The van der Waals surface area contributed by atoms with Gasteiger partial charge in [0.05, 0.1) is 23.0 Å². The van der Waals surface area contributed by atoms with E-state index in [9.17, 15) is 24.5 Å². The predicted octanol–water partition coefficient (Wildman–Crippen LogP) is 5.56. The van der Waals surface area contributed by atoms with E-state index in [2.05, 4.69) is 5.32 Å². The maximum atomic E-state index is 12.9. The van der Waals surface area contributed by atoms with Gasteiger partial charge in [0.15, 0.2) is 18.1 Å². The van der Waals surface area contributed by atoms with Crippen molar-refractivity contribution in [3.8, 4) is 11.5 Å². The number of carbonyl (C=O) groups excluding carboxylic acids is 3. The number of anilines is 1. The molecule has 4 rings (SSSR count). The van der Waals surface area contributed by atoms with Crippen molar-refractivity contribution in [1.82, 2.24) is 4.90 Å². The van der Waals surface area contributed by atoms with E-state index in [0.717, 1.165) is 22.2 Å². The molecule has 0 saturated carbocycles. The number of nitrogens with one attached hydrogen (secondary N) is 1. The van der Waals surface area contributed by atoms with Crippen LogP contribution in [0.1, 0.15) is 23.6 Å². The molecule has 1 fully saturated rings. The molecular weight excluding hydrogens is 522 g/mol. The molecule has 3 aromatic carbocycles. The lowest BCUT2D eigenvalue weighted by molar-refractivity contribution is -0.384. The molecule has 0 unspecified atom stereocenters. The minimum absolute atomic E-state index is 0.00161. The molecule has 1 N–H and O–H groups in total. The Hall–Kier alpha value is -4.64. The lowest BCUT2D eigenvalue weighted by atomic mass is 10.1. The quantitative estimate of drug-likeness (QED) is 0.199. The number of ether oxygens (including phenoxy) is 2. The van der Waals surface area contributed by atoms with Crippen LogP contribution in [-0.2, 0) is 16.1 Å². The van der Waals surface area contributed by atoms with E-state index in [1.165, 1.54) is 24.3 Å². The van der Waals surface area contributed by atoms with Crippen molar-refractivity contribution in [1.29, 1.82) is 0 Å². The molecule has 3 amide bonds. The Morgan fingerprint density at radius 3 is 2.41 bits per heavy atom. The van der Waals surface area contributed by atoms with Gasteiger partial charge in [-0.1, -0.05) is 35.9 Å². The predicted molar refractivity (Wildman–Crippen MR) is 148 cm³/mol. The van der Waals surface area contributed by atoms with Crippen LogP contribution in [0.15, 0.2) is 71.6 Å². The maximum absolute atomic E-state index is 12.9. The third kappa shape index (κ3) is 7.02. The lowest BCUT2D eigenvalue weighted by Crippen LogP contribution is -2.27. The van der Waals surface area contributed by atoms with E-state index in [4.69, 9.17) is 9.47 Å². The summed E-state index contributed by atoms with van der Waals surface area (Å²) in [6.45, 7) is 3.89. The van der Waals surface area contributed by atoms with E-state index in [0.29, 0.717) is 34.9 Å². The molecule has 200 valence electrons. The number of hydrogen-bond donors (Lipinski definition) is 1. The molecule has 1 heterocycles. The first-order valence-corrected chi connectivity index (χ1v) is 12.8. The number of hydrogen-bond acceptors (Lipinski definition) is 8. The fourth-order valence-corrected chi connectivity index (χ4v) is 4.51. The van der Waals surface area contributed by atoms with E-state index < -0.39 is 16.1 Å². The smallest absolute Gasteiger partial charge is 0.293 e. The van der Waals surface area contributed by atoms with Gasteiger partial charge in [-0.2, -0.15) is 0 Å². The Bertz CT molecular complexity index is 1440. The molecule has 0 bridgehead atoms. The van der Waals surface area contributed by atoms with Gasteiger partial charge in [0, 0.05) is 17.8 Å². The van der Waals surface area contributed by atoms with Gasteiger partial charge < -0.3 is 14.8 Å². The van der Waals surface area contributed by atoms with Gasteiger partial charge in [-0.05, 0) is 67.1 Å². The van der Waals surface area contributed by atoms with Crippen LogP contribution in [0.25, 0.3) is 6.08 Å². The number of thioether (sulfide) groups is 1. The minimum atomic E-state index is -0.514. The van der Waals surface area contributed by atoms with E-state index in [1.807, 2.05) is 26.0 Å². The van der Waals surface area contributed by atoms with Gasteiger partial charge in [0.1, 0.15) is 0 Å². The maximum Gasteiger partial charge on any atom is 0.293 e. The minimum Gasteiger partial charge on any atom is -0.490 e. The fraction of sp³-hybridized carbons (Fsp3) is 0.179. The molecule has 0 atom stereocenters. The van der Waals surface area contributed by atoms with E-state index in [1.54, 1.807) is 36.4 Å². The summed E-state index contributed by atoms with van der Waals surface area (Å²) >= 11 is 0.809. The van der Waals surface area contributed by atoms with Crippen molar-refractivity contribution in [3.05, 3.63) is 98.4 Å². The van der Waals surface area contributed by atoms with Gasteiger partial charge in [-0.15, -0.1) is 0 Å². The third-order valence-electron chi connectivity index (χ3n) is 5.62. The number of nitrogens with zero attached hydrogens (tertiary/aromatic N) is 2. The van der Waals surface area contributed by atoms with Crippen molar-refractivity contribution < 1.29 is 28.8 Å². The highest BCUT2D eigenvalue weighted by molar-refractivity contribution is 8.18. The summed E-state index contributed by atoms with van der Waals surface area (Å²) in [5.74, 6) is -0.0414. The summed E-state index contributed by atoms with van der Waals surface area (Å²) < 4.78 is 11.4. The van der Waals surface area contributed by atoms with Gasteiger partial charge in [-0.3, -0.25) is 29.4 Å². The summed E-state index contributed by atoms with van der Waals surface area (Å²) in [6.07, 6.45) is 1.58. The summed E-state index contributed by atoms with van der Waals surface area (Å²) in [5, 5.41) is 13.2. The van der Waals surface area contributed by atoms with Crippen LogP contribution in [0.4, 0.5) is 16.2 Å². The molecule has 0 aliphatic carbocycles. The van der Waals surface area contributed by atoms with Crippen LogP contribution in [0.2, 0.25) is 0 Å². The van der Waals surface area contributed by atoms with Crippen LogP contribution in [0.3, 0.4) is 0 Å². The van der Waals surface area contributed by atoms with E-state index >= 15 is 0 Å². The molecule has 0 aromatic heterocycles. The van der Waals surface area contributed by atoms with Crippen LogP contribution in [0.5, 0.6) is 11.5 Å². The highest BCUT2D eigenvalue weighted by atomic mass is 32.2. The Morgan fingerprint density at radius 1 is 1.03 bits per heavy atom. The largest absolute Gasteiger partial charge is 0.490 e. The molecule has 0 spiro atoms. The highest BCUT2D eigenvalue weighted by Gasteiger charge is 2.35. The molecule has 1 aliphatic heterocycles.